The average Bonchev–Trinajstić information content (AvgIpc) is 3.20. The van der Waals surface area contributed by atoms with Crippen molar-refractivity contribution in [3.05, 3.63) is 53.4 Å². The number of H-pyrrole nitrogens is 1. The first-order valence-corrected chi connectivity index (χ1v) is 8.04. The molecule has 0 radical (unpaired) electrons. The molecule has 0 aliphatic rings. The summed E-state index contributed by atoms with van der Waals surface area (Å²) in [4.78, 5) is 11.9. The van der Waals surface area contributed by atoms with Crippen molar-refractivity contribution in [1.82, 2.24) is 20.7 Å². The van der Waals surface area contributed by atoms with Crippen molar-refractivity contribution < 1.29 is 14.1 Å². The standard InChI is InChI=1S/C18H20N4O3/c1-11(2)19-18(23)15-9-16(21-20-15)24-10-14-12(3)25-22-17(14)13-7-5-4-6-8-13/h4-9,11H,10H2,1-3H3,(H,19,23)(H,20,21). The minimum atomic E-state index is -0.219. The Morgan fingerprint density at radius 2 is 2.08 bits per heavy atom. The monoisotopic (exact) mass is 340 g/mol. The van der Waals surface area contributed by atoms with Gasteiger partial charge < -0.3 is 14.6 Å². The fraction of sp³-hybridized carbons (Fsp3) is 0.278. The van der Waals surface area contributed by atoms with E-state index >= 15 is 0 Å². The third kappa shape index (κ3) is 3.88. The van der Waals surface area contributed by atoms with Gasteiger partial charge in [-0.15, -0.1) is 5.10 Å². The SMILES string of the molecule is Cc1onc(-c2ccccc2)c1COc1cc(C(=O)NC(C)C)[nH]n1. The summed E-state index contributed by atoms with van der Waals surface area (Å²) in [6, 6.07) is 11.4. The lowest BCUT2D eigenvalue weighted by molar-refractivity contribution is 0.0938. The van der Waals surface area contributed by atoms with Crippen LogP contribution in [-0.2, 0) is 6.61 Å². The van der Waals surface area contributed by atoms with Crippen molar-refractivity contribution in [2.45, 2.75) is 33.4 Å². The molecular formula is C18H20N4O3. The molecule has 0 bridgehead atoms. The molecule has 1 amide bonds. The highest BCUT2D eigenvalue weighted by Gasteiger charge is 2.17. The molecule has 2 aromatic heterocycles. The maximum absolute atomic E-state index is 11.9. The molecule has 0 spiro atoms. The van der Waals surface area contributed by atoms with Crippen molar-refractivity contribution in [3.8, 4) is 17.1 Å². The zero-order chi connectivity index (χ0) is 17.8. The van der Waals surface area contributed by atoms with Crippen LogP contribution < -0.4 is 10.1 Å². The zero-order valence-corrected chi connectivity index (χ0v) is 14.4. The van der Waals surface area contributed by atoms with Gasteiger partial charge in [-0.05, 0) is 20.8 Å². The van der Waals surface area contributed by atoms with Crippen LogP contribution in [0, 0.1) is 6.92 Å². The lowest BCUT2D eigenvalue weighted by Crippen LogP contribution is -2.30. The molecular weight excluding hydrogens is 320 g/mol. The summed E-state index contributed by atoms with van der Waals surface area (Å²) >= 11 is 0. The van der Waals surface area contributed by atoms with Crippen LogP contribution in [0.5, 0.6) is 5.88 Å². The Balaban J connectivity index is 1.72. The average molecular weight is 340 g/mol. The van der Waals surface area contributed by atoms with Gasteiger partial charge in [-0.3, -0.25) is 9.89 Å². The third-order valence-corrected chi connectivity index (χ3v) is 3.62. The van der Waals surface area contributed by atoms with Crippen molar-refractivity contribution in [3.63, 3.8) is 0 Å². The summed E-state index contributed by atoms with van der Waals surface area (Å²) in [6.45, 7) is 5.87. The summed E-state index contributed by atoms with van der Waals surface area (Å²) in [5.41, 5.74) is 2.90. The van der Waals surface area contributed by atoms with Gasteiger partial charge in [-0.25, -0.2) is 0 Å². The van der Waals surface area contributed by atoms with Crippen molar-refractivity contribution >= 4 is 5.91 Å². The number of benzene rings is 1. The lowest BCUT2D eigenvalue weighted by Gasteiger charge is -2.05. The molecule has 3 aromatic rings. The first kappa shape index (κ1) is 16.8. The largest absolute Gasteiger partial charge is 0.472 e. The smallest absolute Gasteiger partial charge is 0.269 e. The van der Waals surface area contributed by atoms with Gasteiger partial charge in [0, 0.05) is 17.7 Å². The molecule has 7 nitrogen and oxygen atoms in total. The predicted octanol–water partition coefficient (Wildman–Crippen LogP) is 3.09. The topological polar surface area (TPSA) is 93.0 Å². The van der Waals surface area contributed by atoms with Crippen LogP contribution in [0.4, 0.5) is 0 Å². The molecule has 0 aliphatic carbocycles. The summed E-state index contributed by atoms with van der Waals surface area (Å²) in [5, 5.41) is 13.6. The number of carbonyl (C=O) groups excluding carboxylic acids is 1. The van der Waals surface area contributed by atoms with Crippen LogP contribution >= 0.6 is 0 Å². The number of nitrogens with one attached hydrogen (secondary N) is 2. The van der Waals surface area contributed by atoms with Crippen LogP contribution in [0.3, 0.4) is 0 Å². The molecule has 0 fully saturated rings. The molecule has 2 N–H and O–H groups in total. The first-order chi connectivity index (χ1) is 12.0. The zero-order valence-electron chi connectivity index (χ0n) is 14.4. The van der Waals surface area contributed by atoms with Crippen molar-refractivity contribution in [2.75, 3.05) is 0 Å². The normalized spacial score (nSPS) is 10.9. The number of nitrogens with zero attached hydrogens (tertiary/aromatic N) is 2. The van der Waals surface area contributed by atoms with Crippen LogP contribution in [0.25, 0.3) is 11.3 Å². The molecule has 0 saturated carbocycles. The Hall–Kier alpha value is -3.09. The second-order valence-corrected chi connectivity index (χ2v) is 5.97. The fourth-order valence-electron chi connectivity index (χ4n) is 2.36. The third-order valence-electron chi connectivity index (χ3n) is 3.62. The number of aryl methyl sites for hydroxylation is 1. The Bertz CT molecular complexity index is 852. The number of aromatic amines is 1. The van der Waals surface area contributed by atoms with Gasteiger partial charge in [-0.2, -0.15) is 0 Å². The lowest BCUT2D eigenvalue weighted by atomic mass is 10.1. The van der Waals surface area contributed by atoms with Crippen LogP contribution in [0.2, 0.25) is 0 Å². The Labute approximate surface area is 145 Å². The van der Waals surface area contributed by atoms with Crippen LogP contribution in [0.1, 0.15) is 35.7 Å². The molecule has 7 heteroatoms. The highest BCUT2D eigenvalue weighted by atomic mass is 16.5. The van der Waals surface area contributed by atoms with Gasteiger partial charge in [0.05, 0.1) is 5.56 Å². The maximum Gasteiger partial charge on any atom is 0.269 e. The van der Waals surface area contributed by atoms with E-state index in [0.717, 1.165) is 16.8 Å². The molecule has 25 heavy (non-hydrogen) atoms. The highest BCUT2D eigenvalue weighted by Crippen LogP contribution is 2.26. The summed E-state index contributed by atoms with van der Waals surface area (Å²) in [5.74, 6) is 0.809. The minimum Gasteiger partial charge on any atom is -0.472 e. The summed E-state index contributed by atoms with van der Waals surface area (Å²) in [7, 11) is 0. The fourth-order valence-corrected chi connectivity index (χ4v) is 2.36. The van der Waals surface area contributed by atoms with E-state index in [0.29, 0.717) is 17.3 Å². The van der Waals surface area contributed by atoms with Crippen LogP contribution in [-0.4, -0.2) is 27.3 Å². The minimum absolute atomic E-state index is 0.0493. The Morgan fingerprint density at radius 1 is 1.32 bits per heavy atom. The van der Waals surface area contributed by atoms with Gasteiger partial charge in [0.1, 0.15) is 23.8 Å². The van der Waals surface area contributed by atoms with E-state index in [-0.39, 0.29) is 18.6 Å². The second kappa shape index (κ2) is 7.21. The van der Waals surface area contributed by atoms with E-state index in [9.17, 15) is 4.79 Å². The molecule has 0 unspecified atom stereocenters. The van der Waals surface area contributed by atoms with Crippen molar-refractivity contribution in [2.24, 2.45) is 0 Å². The van der Waals surface area contributed by atoms with E-state index < -0.39 is 0 Å². The number of amides is 1. The van der Waals surface area contributed by atoms with E-state index in [1.165, 1.54) is 0 Å². The Kier molecular flexibility index (Phi) is 4.83. The number of aromatic nitrogens is 3. The highest BCUT2D eigenvalue weighted by molar-refractivity contribution is 5.92. The quantitative estimate of drug-likeness (QED) is 0.719. The molecule has 0 aliphatic heterocycles. The van der Waals surface area contributed by atoms with E-state index in [2.05, 4.69) is 20.7 Å². The van der Waals surface area contributed by atoms with E-state index in [1.54, 1.807) is 6.07 Å². The van der Waals surface area contributed by atoms with Gasteiger partial charge in [0.25, 0.3) is 5.91 Å². The number of hydrogen-bond acceptors (Lipinski definition) is 5. The van der Waals surface area contributed by atoms with Gasteiger partial charge >= 0.3 is 0 Å². The van der Waals surface area contributed by atoms with E-state index in [4.69, 9.17) is 9.26 Å². The summed E-state index contributed by atoms with van der Waals surface area (Å²) < 4.78 is 11.0. The molecule has 2 heterocycles. The number of ether oxygens (including phenoxy) is 1. The first-order valence-electron chi connectivity index (χ1n) is 8.04. The molecule has 130 valence electrons. The molecule has 0 saturated heterocycles. The molecule has 0 atom stereocenters. The van der Waals surface area contributed by atoms with Crippen LogP contribution in [0.15, 0.2) is 40.9 Å². The summed E-state index contributed by atoms with van der Waals surface area (Å²) in [6.07, 6.45) is 0. The number of hydrogen-bond donors (Lipinski definition) is 2. The Morgan fingerprint density at radius 3 is 2.80 bits per heavy atom. The van der Waals surface area contributed by atoms with Crippen molar-refractivity contribution in [1.29, 1.82) is 0 Å². The van der Waals surface area contributed by atoms with E-state index in [1.807, 2.05) is 51.1 Å². The van der Waals surface area contributed by atoms with Gasteiger partial charge in [0.2, 0.25) is 5.88 Å². The molecule has 3 rings (SSSR count). The maximum atomic E-state index is 11.9. The number of rotatable bonds is 6. The van der Waals surface area contributed by atoms with Gasteiger partial charge in [-0.1, -0.05) is 35.5 Å². The van der Waals surface area contributed by atoms with Gasteiger partial charge in [0.15, 0.2) is 0 Å². The number of carbonyl (C=O) groups is 1. The predicted molar refractivity (Wildman–Crippen MR) is 92.2 cm³/mol. The molecule has 1 aromatic carbocycles. The second-order valence-electron chi connectivity index (χ2n) is 5.97.